The van der Waals surface area contributed by atoms with Gasteiger partial charge in [-0.05, 0) is 125 Å². The van der Waals surface area contributed by atoms with Crippen molar-refractivity contribution < 1.29 is 18.9 Å². The molecule has 3 fully saturated rings. The number of anilines is 1. The third-order valence-electron chi connectivity index (χ3n) is 10.0. The molecule has 0 radical (unpaired) electrons. The van der Waals surface area contributed by atoms with Crippen LogP contribution in [0.5, 0.6) is 17.2 Å². The van der Waals surface area contributed by atoms with E-state index in [1.165, 1.54) is 54.5 Å². The fraction of sp³-hybridized carbons (Fsp3) is 0.561. The summed E-state index contributed by atoms with van der Waals surface area (Å²) in [6.45, 7) is 13.1. The molecular weight excluding hydrogens is 598 g/mol. The molecule has 0 amide bonds. The van der Waals surface area contributed by atoms with Gasteiger partial charge in [-0.1, -0.05) is 25.8 Å². The van der Waals surface area contributed by atoms with Crippen molar-refractivity contribution in [2.24, 2.45) is 0 Å². The average Bonchev–Trinajstić information content (AvgIpc) is 3.91. The minimum absolute atomic E-state index is 0.188. The maximum Gasteiger partial charge on any atom is 0.188 e. The monoisotopic (exact) mass is 655 g/mol. The van der Waals surface area contributed by atoms with Crippen molar-refractivity contribution in [3.8, 4) is 17.2 Å². The van der Waals surface area contributed by atoms with E-state index in [1.807, 2.05) is 0 Å². The number of piperidine rings is 1. The first-order valence-electron chi connectivity index (χ1n) is 18.3. The Labute approximate surface area is 289 Å². The zero-order valence-corrected chi connectivity index (χ0v) is 30.2. The molecule has 2 aliphatic heterocycles. The van der Waals surface area contributed by atoms with Gasteiger partial charge in [0.15, 0.2) is 17.4 Å². The second-order valence-corrected chi connectivity index (χ2v) is 14.8. The molecule has 1 saturated heterocycles. The van der Waals surface area contributed by atoms with Crippen molar-refractivity contribution in [1.82, 2.24) is 10.2 Å². The third-order valence-corrected chi connectivity index (χ3v) is 10.0. The van der Waals surface area contributed by atoms with E-state index >= 15 is 0 Å². The van der Waals surface area contributed by atoms with Crippen LogP contribution in [0.15, 0.2) is 65.6 Å². The van der Waals surface area contributed by atoms with Crippen LogP contribution in [0, 0.1) is 0 Å². The lowest BCUT2D eigenvalue weighted by Gasteiger charge is -2.42. The molecule has 0 bridgehead atoms. The van der Waals surface area contributed by atoms with Gasteiger partial charge in [-0.15, -0.1) is 0 Å². The molecule has 2 aromatic rings. The molecule has 0 aromatic heterocycles. The van der Waals surface area contributed by atoms with Gasteiger partial charge in [0.25, 0.3) is 0 Å². The molecule has 1 N–H and O–H groups in total. The quantitative estimate of drug-likeness (QED) is 0.161. The third kappa shape index (κ3) is 8.27. The zero-order chi connectivity index (χ0) is 33.7. The Bertz CT molecular complexity index is 1480. The summed E-state index contributed by atoms with van der Waals surface area (Å²) < 4.78 is 24.2. The van der Waals surface area contributed by atoms with Crippen molar-refractivity contribution in [1.29, 1.82) is 0 Å². The summed E-state index contributed by atoms with van der Waals surface area (Å²) in [7, 11) is 3.49. The van der Waals surface area contributed by atoms with E-state index in [0.717, 1.165) is 92.9 Å². The van der Waals surface area contributed by atoms with Crippen LogP contribution in [0.1, 0.15) is 103 Å². The summed E-state index contributed by atoms with van der Waals surface area (Å²) in [5.74, 6) is 4.31. The van der Waals surface area contributed by atoms with Crippen LogP contribution in [0.2, 0.25) is 0 Å². The highest BCUT2D eigenvalue weighted by Gasteiger charge is 2.33. The summed E-state index contributed by atoms with van der Waals surface area (Å²) in [5.41, 5.74) is 7.43. The van der Waals surface area contributed by atoms with E-state index in [9.17, 15) is 0 Å². The van der Waals surface area contributed by atoms with Crippen molar-refractivity contribution in [3.63, 3.8) is 0 Å². The number of unbranched alkanes of at least 4 members (excludes halogenated alkanes) is 1. The summed E-state index contributed by atoms with van der Waals surface area (Å²) in [6.07, 6.45) is 15.1. The van der Waals surface area contributed by atoms with Gasteiger partial charge in [-0.25, -0.2) is 0 Å². The number of hydrogen-bond donors (Lipinski definition) is 1. The fourth-order valence-electron chi connectivity index (χ4n) is 7.06. The number of methoxy groups -OCH3 is 2. The molecule has 7 heteroatoms. The maximum absolute atomic E-state index is 6.51. The van der Waals surface area contributed by atoms with Crippen LogP contribution in [-0.4, -0.2) is 63.5 Å². The first-order valence-corrected chi connectivity index (χ1v) is 18.3. The Morgan fingerprint density at radius 2 is 1.73 bits per heavy atom. The Morgan fingerprint density at radius 1 is 0.979 bits per heavy atom. The van der Waals surface area contributed by atoms with Gasteiger partial charge in [-0.2, -0.15) is 0 Å². The van der Waals surface area contributed by atoms with Crippen LogP contribution in [0.4, 0.5) is 5.69 Å². The number of benzene rings is 2. The van der Waals surface area contributed by atoms with Gasteiger partial charge in [0.05, 0.1) is 20.8 Å². The van der Waals surface area contributed by atoms with Crippen LogP contribution >= 0.6 is 0 Å². The first-order chi connectivity index (χ1) is 23.3. The highest BCUT2D eigenvalue weighted by atomic mass is 16.5. The van der Waals surface area contributed by atoms with Crippen molar-refractivity contribution >= 4 is 11.4 Å². The zero-order valence-electron chi connectivity index (χ0n) is 30.2. The summed E-state index contributed by atoms with van der Waals surface area (Å²) in [5, 5.41) is 3.66. The lowest BCUT2D eigenvalue weighted by molar-refractivity contribution is -0.00533. The molecule has 48 heavy (non-hydrogen) atoms. The lowest BCUT2D eigenvalue weighted by atomic mass is 9.79. The van der Waals surface area contributed by atoms with E-state index in [2.05, 4.69) is 91.4 Å². The number of ether oxygens (including phenoxy) is 4. The molecular formula is C41H57N3O4. The Morgan fingerprint density at radius 3 is 2.33 bits per heavy atom. The molecule has 2 aliphatic carbocycles. The summed E-state index contributed by atoms with van der Waals surface area (Å²) in [4.78, 5) is 5.13. The molecule has 0 atom stereocenters. The lowest BCUT2D eigenvalue weighted by Crippen LogP contribution is -2.46. The Hall–Kier alpha value is -3.74. The first kappa shape index (κ1) is 34.1. The smallest absolute Gasteiger partial charge is 0.188 e. The number of dihydropyridines is 1. The highest BCUT2D eigenvalue weighted by Crippen LogP contribution is 2.46. The van der Waals surface area contributed by atoms with Gasteiger partial charge >= 0.3 is 0 Å². The van der Waals surface area contributed by atoms with Gasteiger partial charge in [0, 0.05) is 54.7 Å². The molecule has 2 saturated carbocycles. The van der Waals surface area contributed by atoms with E-state index in [0.29, 0.717) is 12.0 Å². The van der Waals surface area contributed by atoms with Gasteiger partial charge in [0.1, 0.15) is 11.4 Å². The van der Waals surface area contributed by atoms with E-state index in [1.54, 1.807) is 14.2 Å². The normalized spacial score (nSPS) is 18.3. The SMILES string of the molecule is CCCCOc1ccc(N(CC2=CCNC(c3cc(OC)c(OC)c(C4CCC4)c3)=C2)C2CCN(C(OC(C)(C)C)=C3CC3)CC2)cc1. The molecule has 0 unspecified atom stereocenters. The van der Waals surface area contributed by atoms with Crippen LogP contribution < -0.4 is 24.4 Å². The van der Waals surface area contributed by atoms with Crippen molar-refractivity contribution in [3.05, 3.63) is 76.7 Å². The van der Waals surface area contributed by atoms with Crippen LogP contribution in [0.25, 0.3) is 5.70 Å². The number of likely N-dealkylation sites (tertiary alicyclic amines) is 1. The number of rotatable bonds is 14. The second kappa shape index (κ2) is 15.2. The Balaban J connectivity index is 1.24. The van der Waals surface area contributed by atoms with Gasteiger partial charge in [-0.3, -0.25) is 0 Å². The minimum atomic E-state index is -0.188. The summed E-state index contributed by atoms with van der Waals surface area (Å²) in [6, 6.07) is 13.7. The molecule has 2 aromatic carbocycles. The number of allylic oxidation sites excluding steroid dienone is 1. The van der Waals surface area contributed by atoms with Crippen molar-refractivity contribution in [2.75, 3.05) is 51.9 Å². The summed E-state index contributed by atoms with van der Waals surface area (Å²) >= 11 is 0. The molecule has 260 valence electrons. The Kier molecular flexibility index (Phi) is 10.8. The molecule has 7 nitrogen and oxygen atoms in total. The molecule has 0 spiro atoms. The molecule has 6 rings (SSSR count). The largest absolute Gasteiger partial charge is 0.494 e. The van der Waals surface area contributed by atoms with E-state index < -0.39 is 0 Å². The predicted molar refractivity (Wildman–Crippen MR) is 196 cm³/mol. The van der Waals surface area contributed by atoms with Gasteiger partial charge in [0.2, 0.25) is 0 Å². The van der Waals surface area contributed by atoms with Crippen LogP contribution in [0.3, 0.4) is 0 Å². The molecule has 4 aliphatic rings. The predicted octanol–water partition coefficient (Wildman–Crippen LogP) is 8.81. The number of nitrogens with one attached hydrogen (secondary N) is 1. The standard InChI is InChI=1S/C41H57N3O4/c1-7-8-24-47-35-16-14-33(15-17-35)44(34-19-22-43(23-20-34)40(31-12-13-31)48-41(2,3)4)28-29-18-21-42-37(25-29)32-26-36(30-10-9-11-30)39(46-6)38(27-32)45-5/h14-18,25-27,30,34,42H,7-13,19-24,28H2,1-6H3. The average molecular weight is 656 g/mol. The molecule has 2 heterocycles. The van der Waals surface area contributed by atoms with E-state index in [4.69, 9.17) is 18.9 Å². The minimum Gasteiger partial charge on any atom is -0.494 e. The topological polar surface area (TPSA) is 55.4 Å². The fourth-order valence-corrected chi connectivity index (χ4v) is 7.06. The number of hydrogen-bond acceptors (Lipinski definition) is 7. The highest BCUT2D eigenvalue weighted by molar-refractivity contribution is 5.72. The second-order valence-electron chi connectivity index (χ2n) is 14.8. The van der Waals surface area contributed by atoms with Crippen LogP contribution in [-0.2, 0) is 4.74 Å². The maximum atomic E-state index is 6.51. The van der Waals surface area contributed by atoms with Gasteiger partial charge < -0.3 is 34.1 Å². The van der Waals surface area contributed by atoms with Crippen molar-refractivity contribution in [2.45, 2.75) is 103 Å². The van der Waals surface area contributed by atoms with E-state index in [-0.39, 0.29) is 5.60 Å². The number of nitrogens with zero attached hydrogens (tertiary/aromatic N) is 2.